The van der Waals surface area contributed by atoms with Crippen molar-refractivity contribution in [1.82, 2.24) is 15.6 Å². The van der Waals surface area contributed by atoms with Crippen LogP contribution in [0.25, 0.3) is 0 Å². The smallest absolute Gasteiger partial charge is 0.221 e. The highest BCUT2D eigenvalue weighted by Crippen LogP contribution is 1.97. The van der Waals surface area contributed by atoms with Crippen molar-refractivity contribution in [2.45, 2.75) is 33.7 Å². The first-order valence-electron chi connectivity index (χ1n) is 6.47. The van der Waals surface area contributed by atoms with Crippen LogP contribution < -0.4 is 10.6 Å². The van der Waals surface area contributed by atoms with Crippen LogP contribution in [-0.4, -0.2) is 24.0 Å². The van der Waals surface area contributed by atoms with Crippen molar-refractivity contribution in [1.29, 1.82) is 0 Å². The van der Waals surface area contributed by atoms with E-state index >= 15 is 0 Å². The second kappa shape index (κ2) is 7.82. The fourth-order valence-electron chi connectivity index (χ4n) is 1.43. The van der Waals surface area contributed by atoms with E-state index < -0.39 is 0 Å². The number of nitrogens with zero attached hydrogens (tertiary/aromatic N) is 1. The zero-order chi connectivity index (χ0) is 13.4. The van der Waals surface area contributed by atoms with Crippen molar-refractivity contribution < 1.29 is 4.79 Å². The van der Waals surface area contributed by atoms with E-state index in [0.29, 0.717) is 25.4 Å². The number of aryl methyl sites for hydroxylation is 1. The minimum Gasteiger partial charge on any atom is -0.356 e. The van der Waals surface area contributed by atoms with E-state index in [9.17, 15) is 4.79 Å². The lowest BCUT2D eigenvalue weighted by molar-refractivity contribution is -0.121. The van der Waals surface area contributed by atoms with Crippen LogP contribution in [0.3, 0.4) is 0 Å². The van der Waals surface area contributed by atoms with E-state index in [1.54, 1.807) is 0 Å². The number of aromatic nitrogens is 1. The van der Waals surface area contributed by atoms with Gasteiger partial charge in [-0.1, -0.05) is 19.9 Å². The number of hydrogen-bond acceptors (Lipinski definition) is 3. The Kier molecular flexibility index (Phi) is 6.36. The molecule has 0 aliphatic carbocycles. The summed E-state index contributed by atoms with van der Waals surface area (Å²) in [6.45, 7) is 8.32. The van der Waals surface area contributed by atoms with Crippen LogP contribution in [0, 0.1) is 12.8 Å². The Morgan fingerprint density at radius 3 is 2.78 bits per heavy atom. The largest absolute Gasteiger partial charge is 0.356 e. The van der Waals surface area contributed by atoms with Gasteiger partial charge in [0.05, 0.1) is 5.69 Å². The fraction of sp³-hybridized carbons (Fsp3) is 0.571. The van der Waals surface area contributed by atoms with Gasteiger partial charge in [0, 0.05) is 32.3 Å². The van der Waals surface area contributed by atoms with E-state index in [1.165, 1.54) is 0 Å². The number of carbonyl (C=O) groups excluding carboxylic acids is 1. The third kappa shape index (κ3) is 6.35. The molecule has 0 saturated carbocycles. The molecule has 18 heavy (non-hydrogen) atoms. The highest BCUT2D eigenvalue weighted by molar-refractivity contribution is 5.76. The van der Waals surface area contributed by atoms with Crippen molar-refractivity contribution in [3.8, 4) is 0 Å². The molecule has 0 unspecified atom stereocenters. The molecule has 0 aromatic carbocycles. The first-order chi connectivity index (χ1) is 8.58. The third-order valence-corrected chi connectivity index (χ3v) is 2.52. The van der Waals surface area contributed by atoms with E-state index in [-0.39, 0.29) is 5.91 Å². The molecule has 1 rings (SSSR count). The molecule has 4 heteroatoms. The van der Waals surface area contributed by atoms with Crippen LogP contribution in [0.15, 0.2) is 18.3 Å². The van der Waals surface area contributed by atoms with Crippen LogP contribution in [0.1, 0.15) is 31.5 Å². The summed E-state index contributed by atoms with van der Waals surface area (Å²) >= 11 is 0. The molecule has 0 bridgehead atoms. The molecule has 4 nitrogen and oxygen atoms in total. The van der Waals surface area contributed by atoms with Crippen molar-refractivity contribution in [2.75, 3.05) is 13.1 Å². The summed E-state index contributed by atoms with van der Waals surface area (Å²) in [5.74, 6) is 0.603. The van der Waals surface area contributed by atoms with E-state index in [2.05, 4.69) is 29.5 Å². The summed E-state index contributed by atoms with van der Waals surface area (Å²) in [4.78, 5) is 15.7. The highest BCUT2D eigenvalue weighted by Gasteiger charge is 2.01. The summed E-state index contributed by atoms with van der Waals surface area (Å²) in [7, 11) is 0. The van der Waals surface area contributed by atoms with Gasteiger partial charge in [-0.15, -0.1) is 0 Å². The Hall–Kier alpha value is -1.42. The van der Waals surface area contributed by atoms with Gasteiger partial charge in [0.15, 0.2) is 0 Å². The van der Waals surface area contributed by atoms with Crippen LogP contribution >= 0.6 is 0 Å². The summed E-state index contributed by atoms with van der Waals surface area (Å²) in [6.07, 6.45) is 2.37. The van der Waals surface area contributed by atoms with Gasteiger partial charge in [-0.25, -0.2) is 0 Å². The lowest BCUT2D eigenvalue weighted by atomic mass is 10.2. The zero-order valence-corrected chi connectivity index (χ0v) is 11.5. The normalized spacial score (nSPS) is 10.7. The van der Waals surface area contributed by atoms with Crippen LogP contribution in [-0.2, 0) is 11.3 Å². The van der Waals surface area contributed by atoms with Gasteiger partial charge in [-0.3, -0.25) is 9.78 Å². The minimum atomic E-state index is 0.105. The van der Waals surface area contributed by atoms with E-state index in [1.807, 2.05) is 25.3 Å². The number of carbonyl (C=O) groups is 1. The number of pyridine rings is 1. The van der Waals surface area contributed by atoms with Crippen molar-refractivity contribution >= 4 is 5.91 Å². The van der Waals surface area contributed by atoms with Crippen LogP contribution in [0.2, 0.25) is 0 Å². The Morgan fingerprint density at radius 1 is 1.39 bits per heavy atom. The average Bonchev–Trinajstić information content (AvgIpc) is 2.34. The molecule has 1 heterocycles. The minimum absolute atomic E-state index is 0.105. The maximum atomic E-state index is 11.4. The molecule has 0 spiro atoms. The zero-order valence-electron chi connectivity index (χ0n) is 11.5. The SMILES string of the molecule is Cc1ccc(CNCCC(=O)NCC(C)C)nc1. The Bertz CT molecular complexity index is 360. The highest BCUT2D eigenvalue weighted by atomic mass is 16.1. The van der Waals surface area contributed by atoms with Gasteiger partial charge in [0.25, 0.3) is 0 Å². The fourth-order valence-corrected chi connectivity index (χ4v) is 1.43. The third-order valence-electron chi connectivity index (χ3n) is 2.52. The number of hydrogen-bond donors (Lipinski definition) is 2. The van der Waals surface area contributed by atoms with Crippen molar-refractivity contribution in [3.63, 3.8) is 0 Å². The van der Waals surface area contributed by atoms with Crippen LogP contribution in [0.5, 0.6) is 0 Å². The molecular formula is C14H23N3O. The molecule has 0 saturated heterocycles. The predicted octanol–water partition coefficient (Wildman–Crippen LogP) is 1.64. The number of rotatable bonds is 7. The van der Waals surface area contributed by atoms with Crippen molar-refractivity contribution in [3.05, 3.63) is 29.6 Å². The molecule has 0 radical (unpaired) electrons. The van der Waals surface area contributed by atoms with Crippen LogP contribution in [0.4, 0.5) is 0 Å². The lowest BCUT2D eigenvalue weighted by Crippen LogP contribution is -2.30. The van der Waals surface area contributed by atoms with E-state index in [4.69, 9.17) is 0 Å². The van der Waals surface area contributed by atoms with Gasteiger partial charge in [0.1, 0.15) is 0 Å². The monoisotopic (exact) mass is 249 g/mol. The number of amides is 1. The molecule has 0 aliphatic rings. The summed E-state index contributed by atoms with van der Waals surface area (Å²) < 4.78 is 0. The molecule has 0 atom stereocenters. The molecule has 1 amide bonds. The molecule has 100 valence electrons. The molecule has 0 aliphatic heterocycles. The Balaban J connectivity index is 2.11. The number of nitrogens with one attached hydrogen (secondary N) is 2. The van der Waals surface area contributed by atoms with E-state index in [0.717, 1.165) is 17.8 Å². The Labute approximate surface area is 109 Å². The maximum Gasteiger partial charge on any atom is 0.221 e. The van der Waals surface area contributed by atoms with Gasteiger partial charge < -0.3 is 10.6 Å². The second-order valence-electron chi connectivity index (χ2n) is 4.95. The summed E-state index contributed by atoms with van der Waals surface area (Å²) in [5, 5.41) is 6.11. The maximum absolute atomic E-state index is 11.4. The molecule has 0 fully saturated rings. The summed E-state index contributed by atoms with van der Waals surface area (Å²) in [6, 6.07) is 4.04. The molecule has 1 aromatic heterocycles. The quantitative estimate of drug-likeness (QED) is 0.722. The lowest BCUT2D eigenvalue weighted by Gasteiger charge is -2.08. The van der Waals surface area contributed by atoms with Gasteiger partial charge in [0.2, 0.25) is 5.91 Å². The standard InChI is InChI=1S/C14H23N3O/c1-11(2)8-17-14(18)6-7-15-10-13-5-4-12(3)9-16-13/h4-5,9,11,15H,6-8,10H2,1-3H3,(H,17,18). The average molecular weight is 249 g/mol. The summed E-state index contributed by atoms with van der Waals surface area (Å²) in [5.41, 5.74) is 2.16. The first-order valence-corrected chi connectivity index (χ1v) is 6.47. The van der Waals surface area contributed by atoms with Gasteiger partial charge in [-0.2, -0.15) is 0 Å². The Morgan fingerprint density at radius 2 is 2.17 bits per heavy atom. The van der Waals surface area contributed by atoms with Gasteiger partial charge in [-0.05, 0) is 24.5 Å². The molecular weight excluding hydrogens is 226 g/mol. The van der Waals surface area contributed by atoms with Gasteiger partial charge >= 0.3 is 0 Å². The molecule has 2 N–H and O–H groups in total. The van der Waals surface area contributed by atoms with Crippen molar-refractivity contribution in [2.24, 2.45) is 5.92 Å². The topological polar surface area (TPSA) is 54.0 Å². The molecule has 1 aromatic rings. The second-order valence-corrected chi connectivity index (χ2v) is 4.95. The first kappa shape index (κ1) is 14.6. The predicted molar refractivity (Wildman–Crippen MR) is 73.1 cm³/mol.